The van der Waals surface area contributed by atoms with Crippen molar-refractivity contribution < 1.29 is 33.0 Å². The topological polar surface area (TPSA) is 115 Å². The molecule has 0 heterocycles. The minimum absolute atomic E-state index is 0.224. The highest BCUT2D eigenvalue weighted by Gasteiger charge is 2.14. The first kappa shape index (κ1) is 25.9. The largest absolute Gasteiger partial charge is 0.497 e. The summed E-state index contributed by atoms with van der Waals surface area (Å²) >= 11 is 0. The molecule has 0 aliphatic heterocycles. The lowest BCUT2D eigenvalue weighted by atomic mass is 10.2. The van der Waals surface area contributed by atoms with Crippen molar-refractivity contribution in [2.45, 2.75) is 6.92 Å². The number of methoxy groups -OCH3 is 1. The van der Waals surface area contributed by atoms with Crippen LogP contribution in [0.5, 0.6) is 17.2 Å². The highest BCUT2D eigenvalue weighted by Crippen LogP contribution is 2.29. The standard InChI is InChI=1S/C26H24FN3O6/c1-3-35-23-14-17(4-13-22(23)36-26(33)19-7-11-21(34-2)12-8-19)15-29-30-24(31)16-28-25(32)18-5-9-20(27)10-6-18/h4-15H,3,16H2,1-2H3,(H,28,32)(H,30,31). The Bertz CT molecular complexity index is 1240. The van der Waals surface area contributed by atoms with Crippen LogP contribution in [0.2, 0.25) is 0 Å². The number of esters is 1. The SMILES string of the molecule is CCOc1cc(C=NNC(=O)CNC(=O)c2ccc(F)cc2)ccc1OC(=O)c1ccc(OC)cc1. The molecule has 9 nitrogen and oxygen atoms in total. The Labute approximate surface area is 206 Å². The minimum Gasteiger partial charge on any atom is -0.497 e. The van der Waals surface area contributed by atoms with Crippen LogP contribution in [0.1, 0.15) is 33.2 Å². The number of ether oxygens (including phenoxy) is 3. The zero-order valence-corrected chi connectivity index (χ0v) is 19.6. The number of hydrogen-bond donors (Lipinski definition) is 2. The molecule has 0 bridgehead atoms. The van der Waals surface area contributed by atoms with Gasteiger partial charge in [0.15, 0.2) is 11.5 Å². The second kappa shape index (κ2) is 12.7. The van der Waals surface area contributed by atoms with Crippen LogP contribution in [0, 0.1) is 5.82 Å². The molecule has 0 aromatic heterocycles. The summed E-state index contributed by atoms with van der Waals surface area (Å²) in [6, 6.07) is 16.2. The molecule has 186 valence electrons. The van der Waals surface area contributed by atoms with E-state index in [0.29, 0.717) is 29.2 Å². The van der Waals surface area contributed by atoms with Gasteiger partial charge in [0.1, 0.15) is 11.6 Å². The molecule has 0 spiro atoms. The maximum Gasteiger partial charge on any atom is 0.343 e. The first-order valence-corrected chi connectivity index (χ1v) is 10.9. The van der Waals surface area contributed by atoms with Crippen LogP contribution in [0.15, 0.2) is 71.8 Å². The molecule has 36 heavy (non-hydrogen) atoms. The summed E-state index contributed by atoms with van der Waals surface area (Å²) in [4.78, 5) is 36.4. The molecule has 0 unspecified atom stereocenters. The Balaban J connectivity index is 1.56. The van der Waals surface area contributed by atoms with E-state index in [4.69, 9.17) is 14.2 Å². The molecule has 0 fully saturated rings. The molecule has 10 heteroatoms. The highest BCUT2D eigenvalue weighted by molar-refractivity contribution is 5.96. The van der Waals surface area contributed by atoms with Crippen molar-refractivity contribution in [1.29, 1.82) is 0 Å². The van der Waals surface area contributed by atoms with E-state index in [1.165, 1.54) is 25.5 Å². The Kier molecular flexibility index (Phi) is 9.10. The number of benzene rings is 3. The number of nitrogens with one attached hydrogen (secondary N) is 2. The summed E-state index contributed by atoms with van der Waals surface area (Å²) in [6.07, 6.45) is 1.37. The molecular weight excluding hydrogens is 469 g/mol. The molecule has 3 aromatic rings. The van der Waals surface area contributed by atoms with Crippen LogP contribution in [0.3, 0.4) is 0 Å². The van der Waals surface area contributed by atoms with E-state index in [-0.39, 0.29) is 17.9 Å². The predicted octanol–water partition coefficient (Wildman–Crippen LogP) is 3.33. The monoisotopic (exact) mass is 493 g/mol. The van der Waals surface area contributed by atoms with Crippen LogP contribution >= 0.6 is 0 Å². The summed E-state index contributed by atoms with van der Waals surface area (Å²) in [5.74, 6) is -0.937. The summed E-state index contributed by atoms with van der Waals surface area (Å²) in [5, 5.41) is 6.27. The number of rotatable bonds is 10. The third-order valence-electron chi connectivity index (χ3n) is 4.71. The summed E-state index contributed by atoms with van der Waals surface area (Å²) in [7, 11) is 1.53. The summed E-state index contributed by atoms with van der Waals surface area (Å²) in [5.41, 5.74) is 3.43. The molecule has 3 aromatic carbocycles. The average molecular weight is 493 g/mol. The number of carbonyl (C=O) groups excluding carboxylic acids is 3. The van der Waals surface area contributed by atoms with Gasteiger partial charge in [-0.3, -0.25) is 9.59 Å². The fraction of sp³-hybridized carbons (Fsp3) is 0.154. The molecule has 2 N–H and O–H groups in total. The number of hydrazone groups is 1. The molecule has 0 aliphatic carbocycles. The van der Waals surface area contributed by atoms with Gasteiger partial charge in [-0.05, 0) is 79.2 Å². The number of hydrogen-bond acceptors (Lipinski definition) is 7. The maximum absolute atomic E-state index is 12.9. The smallest absolute Gasteiger partial charge is 0.343 e. The lowest BCUT2D eigenvalue weighted by Gasteiger charge is -2.11. The molecule has 3 rings (SSSR count). The quantitative estimate of drug-likeness (QED) is 0.194. The van der Waals surface area contributed by atoms with Crippen LogP contribution in [-0.4, -0.2) is 44.3 Å². The van der Waals surface area contributed by atoms with Gasteiger partial charge in [-0.1, -0.05) is 0 Å². The van der Waals surface area contributed by atoms with E-state index >= 15 is 0 Å². The second-order valence-electron chi connectivity index (χ2n) is 7.24. The highest BCUT2D eigenvalue weighted by atomic mass is 19.1. The van der Waals surface area contributed by atoms with Crippen LogP contribution in [-0.2, 0) is 4.79 Å². The fourth-order valence-corrected chi connectivity index (χ4v) is 2.93. The third kappa shape index (κ3) is 7.39. The van der Waals surface area contributed by atoms with E-state index in [9.17, 15) is 18.8 Å². The van der Waals surface area contributed by atoms with E-state index < -0.39 is 23.6 Å². The molecule has 2 amide bonds. The molecule has 0 radical (unpaired) electrons. The predicted molar refractivity (Wildman–Crippen MR) is 130 cm³/mol. The van der Waals surface area contributed by atoms with Crippen molar-refractivity contribution in [2.75, 3.05) is 20.3 Å². The van der Waals surface area contributed by atoms with Gasteiger partial charge in [0.25, 0.3) is 11.8 Å². The zero-order valence-electron chi connectivity index (χ0n) is 19.6. The van der Waals surface area contributed by atoms with Crippen LogP contribution in [0.4, 0.5) is 4.39 Å². The van der Waals surface area contributed by atoms with E-state index in [0.717, 1.165) is 12.1 Å². The van der Waals surface area contributed by atoms with E-state index in [1.807, 2.05) is 0 Å². The van der Waals surface area contributed by atoms with Gasteiger partial charge < -0.3 is 19.5 Å². The van der Waals surface area contributed by atoms with Crippen LogP contribution in [0.25, 0.3) is 0 Å². The number of carbonyl (C=O) groups is 3. The average Bonchev–Trinajstić information content (AvgIpc) is 2.89. The van der Waals surface area contributed by atoms with Gasteiger partial charge in [0, 0.05) is 5.56 Å². The van der Waals surface area contributed by atoms with Crippen LogP contribution < -0.4 is 25.0 Å². The van der Waals surface area contributed by atoms with Gasteiger partial charge >= 0.3 is 5.97 Å². The number of halogens is 1. The maximum atomic E-state index is 12.9. The van der Waals surface area contributed by atoms with E-state index in [2.05, 4.69) is 15.8 Å². The van der Waals surface area contributed by atoms with Crippen molar-refractivity contribution in [3.8, 4) is 17.2 Å². The fourth-order valence-electron chi connectivity index (χ4n) is 2.93. The van der Waals surface area contributed by atoms with Gasteiger partial charge in [-0.15, -0.1) is 0 Å². The number of nitrogens with zero attached hydrogens (tertiary/aromatic N) is 1. The molecule has 0 saturated heterocycles. The lowest BCUT2D eigenvalue weighted by Crippen LogP contribution is -2.34. The first-order chi connectivity index (χ1) is 17.4. The lowest BCUT2D eigenvalue weighted by molar-refractivity contribution is -0.120. The van der Waals surface area contributed by atoms with Gasteiger partial charge in [0.05, 0.1) is 32.0 Å². The molecule has 0 atom stereocenters. The third-order valence-corrected chi connectivity index (χ3v) is 4.71. The molecule has 0 saturated carbocycles. The molecular formula is C26H24FN3O6. The van der Waals surface area contributed by atoms with Crippen molar-refractivity contribution >= 4 is 24.0 Å². The Morgan fingerprint density at radius 3 is 2.31 bits per heavy atom. The van der Waals surface area contributed by atoms with Gasteiger partial charge in [-0.25, -0.2) is 14.6 Å². The Morgan fingerprint density at radius 1 is 0.944 bits per heavy atom. The van der Waals surface area contributed by atoms with Crippen molar-refractivity contribution in [3.05, 3.63) is 89.2 Å². The van der Waals surface area contributed by atoms with Gasteiger partial charge in [0.2, 0.25) is 0 Å². The minimum atomic E-state index is -0.560. The summed E-state index contributed by atoms with van der Waals surface area (Å²) in [6.45, 7) is 1.80. The molecule has 0 aliphatic rings. The zero-order chi connectivity index (χ0) is 25.9. The van der Waals surface area contributed by atoms with E-state index in [1.54, 1.807) is 49.4 Å². The summed E-state index contributed by atoms with van der Waals surface area (Å²) < 4.78 is 29.1. The normalized spacial score (nSPS) is 10.5. The second-order valence-corrected chi connectivity index (χ2v) is 7.24. The van der Waals surface area contributed by atoms with Crippen molar-refractivity contribution in [2.24, 2.45) is 5.10 Å². The Morgan fingerprint density at radius 2 is 1.64 bits per heavy atom. The van der Waals surface area contributed by atoms with Gasteiger partial charge in [-0.2, -0.15) is 5.10 Å². The van der Waals surface area contributed by atoms with Crippen molar-refractivity contribution in [1.82, 2.24) is 10.7 Å². The first-order valence-electron chi connectivity index (χ1n) is 10.9. The Hall–Kier alpha value is -4.73. The van der Waals surface area contributed by atoms with Crippen molar-refractivity contribution in [3.63, 3.8) is 0 Å². The number of amides is 2.